The van der Waals surface area contributed by atoms with Crippen LogP contribution in [-0.2, 0) is 0 Å². The summed E-state index contributed by atoms with van der Waals surface area (Å²) in [4.78, 5) is 0. The van der Waals surface area contributed by atoms with Crippen molar-refractivity contribution in [2.24, 2.45) is 0 Å². The van der Waals surface area contributed by atoms with Gasteiger partial charge in [0.05, 0.1) is 0 Å². The third-order valence-electron chi connectivity index (χ3n) is 4.86. The second kappa shape index (κ2) is 11.6. The summed E-state index contributed by atoms with van der Waals surface area (Å²) in [5, 5.41) is 10.1. The van der Waals surface area contributed by atoms with Crippen molar-refractivity contribution < 1.29 is 24.1 Å². The Balaban J connectivity index is 1.22. The fourth-order valence-corrected chi connectivity index (χ4v) is 3.12. The Bertz CT molecular complexity index is 1080. The number of rotatable bonds is 11. The van der Waals surface area contributed by atoms with Gasteiger partial charge in [0.15, 0.2) is 0 Å². The normalized spacial score (nSPS) is 11.4. The standard InChI is InChI=1S/C28H26O5/c29-24(19-30-25-7-3-1-4-8-25)20-31-27-15-11-22(12-16-27)23-13-17-28(18-14-23)33-21-32-26-9-5-2-6-10-26/h1-18,24,29H,19-21H2. The fraction of sp³-hybridized carbons (Fsp3) is 0.143. The van der Waals surface area contributed by atoms with Crippen LogP contribution < -0.4 is 18.9 Å². The highest BCUT2D eigenvalue weighted by molar-refractivity contribution is 5.64. The highest BCUT2D eigenvalue weighted by Crippen LogP contribution is 2.25. The number of para-hydroxylation sites is 2. The van der Waals surface area contributed by atoms with Crippen molar-refractivity contribution in [3.05, 3.63) is 109 Å². The fourth-order valence-electron chi connectivity index (χ4n) is 3.12. The molecule has 1 N–H and O–H groups in total. The van der Waals surface area contributed by atoms with Crippen molar-refractivity contribution in [3.63, 3.8) is 0 Å². The third kappa shape index (κ3) is 7.02. The maximum atomic E-state index is 10.1. The molecule has 0 radical (unpaired) electrons. The molecule has 1 unspecified atom stereocenters. The molecule has 4 aromatic rings. The highest BCUT2D eigenvalue weighted by atomic mass is 16.7. The van der Waals surface area contributed by atoms with E-state index in [0.29, 0.717) is 5.75 Å². The molecule has 0 spiro atoms. The Kier molecular flexibility index (Phi) is 7.82. The van der Waals surface area contributed by atoms with Crippen molar-refractivity contribution in [3.8, 4) is 34.1 Å². The number of hydrogen-bond acceptors (Lipinski definition) is 5. The van der Waals surface area contributed by atoms with Crippen LogP contribution in [0.2, 0.25) is 0 Å². The molecule has 0 amide bonds. The van der Waals surface area contributed by atoms with Gasteiger partial charge in [-0.3, -0.25) is 0 Å². The lowest BCUT2D eigenvalue weighted by Crippen LogP contribution is -2.25. The molecule has 5 heteroatoms. The molecular formula is C28H26O5. The van der Waals surface area contributed by atoms with Gasteiger partial charge in [-0.1, -0.05) is 60.7 Å². The summed E-state index contributed by atoms with van der Waals surface area (Å²) in [6.45, 7) is 0.480. The summed E-state index contributed by atoms with van der Waals surface area (Å²) >= 11 is 0. The third-order valence-corrected chi connectivity index (χ3v) is 4.86. The molecule has 0 saturated heterocycles. The van der Waals surface area contributed by atoms with E-state index in [4.69, 9.17) is 18.9 Å². The molecule has 0 aliphatic carbocycles. The van der Waals surface area contributed by atoms with Crippen LogP contribution in [-0.4, -0.2) is 31.2 Å². The highest BCUT2D eigenvalue weighted by Gasteiger charge is 2.07. The van der Waals surface area contributed by atoms with Gasteiger partial charge in [0, 0.05) is 0 Å². The molecule has 0 heterocycles. The maximum Gasteiger partial charge on any atom is 0.230 e. The van der Waals surface area contributed by atoms with Crippen LogP contribution in [0.25, 0.3) is 11.1 Å². The quantitative estimate of drug-likeness (QED) is 0.307. The summed E-state index contributed by atoms with van der Waals surface area (Å²) < 4.78 is 22.4. The molecule has 0 fully saturated rings. The van der Waals surface area contributed by atoms with Crippen LogP contribution in [0.5, 0.6) is 23.0 Å². The lowest BCUT2D eigenvalue weighted by Gasteiger charge is -2.14. The van der Waals surface area contributed by atoms with E-state index >= 15 is 0 Å². The minimum atomic E-state index is -0.719. The second-order valence-corrected chi connectivity index (χ2v) is 7.36. The van der Waals surface area contributed by atoms with Gasteiger partial charge in [0.25, 0.3) is 0 Å². The topological polar surface area (TPSA) is 57.2 Å². The van der Waals surface area contributed by atoms with Crippen molar-refractivity contribution in [1.29, 1.82) is 0 Å². The number of aliphatic hydroxyl groups excluding tert-OH is 1. The van der Waals surface area contributed by atoms with Gasteiger partial charge in [-0.25, -0.2) is 0 Å². The van der Waals surface area contributed by atoms with E-state index in [1.165, 1.54) is 0 Å². The summed E-state index contributed by atoms with van der Waals surface area (Å²) in [6, 6.07) is 34.5. The minimum Gasteiger partial charge on any atom is -0.491 e. The van der Waals surface area contributed by atoms with Gasteiger partial charge in [-0.2, -0.15) is 0 Å². The summed E-state index contributed by atoms with van der Waals surface area (Å²) in [5.74, 6) is 2.92. The van der Waals surface area contributed by atoms with Gasteiger partial charge in [0.2, 0.25) is 6.79 Å². The van der Waals surface area contributed by atoms with Gasteiger partial charge in [-0.05, 0) is 59.7 Å². The van der Waals surface area contributed by atoms with Crippen LogP contribution in [0.1, 0.15) is 0 Å². The lowest BCUT2D eigenvalue weighted by atomic mass is 10.1. The monoisotopic (exact) mass is 442 g/mol. The zero-order valence-corrected chi connectivity index (χ0v) is 18.2. The first-order valence-electron chi connectivity index (χ1n) is 10.8. The predicted molar refractivity (Wildman–Crippen MR) is 128 cm³/mol. The molecule has 33 heavy (non-hydrogen) atoms. The van der Waals surface area contributed by atoms with Crippen molar-refractivity contribution in [2.45, 2.75) is 6.10 Å². The first kappa shape index (κ1) is 22.2. The number of hydrogen-bond donors (Lipinski definition) is 1. The molecule has 5 nitrogen and oxygen atoms in total. The van der Waals surface area contributed by atoms with E-state index in [9.17, 15) is 5.11 Å². The molecule has 4 aromatic carbocycles. The van der Waals surface area contributed by atoms with E-state index < -0.39 is 6.10 Å². The van der Waals surface area contributed by atoms with Gasteiger partial charge < -0.3 is 24.1 Å². The SMILES string of the molecule is OC(COc1ccccc1)COc1ccc(-c2ccc(OCOc3ccccc3)cc2)cc1. The number of aliphatic hydroxyl groups is 1. The lowest BCUT2D eigenvalue weighted by molar-refractivity contribution is 0.0626. The summed E-state index contributed by atoms with van der Waals surface area (Å²) in [5.41, 5.74) is 2.12. The van der Waals surface area contributed by atoms with Crippen LogP contribution in [0, 0.1) is 0 Å². The predicted octanol–water partition coefficient (Wildman–Crippen LogP) is 5.59. The first-order chi connectivity index (χ1) is 16.3. The Morgan fingerprint density at radius 1 is 0.455 bits per heavy atom. The average molecular weight is 443 g/mol. The largest absolute Gasteiger partial charge is 0.491 e. The molecule has 0 bridgehead atoms. The first-order valence-corrected chi connectivity index (χ1v) is 10.8. The van der Waals surface area contributed by atoms with E-state index in [1.54, 1.807) is 0 Å². The zero-order chi connectivity index (χ0) is 22.7. The molecule has 0 saturated carbocycles. The Hall–Kier alpha value is -3.96. The van der Waals surface area contributed by atoms with Gasteiger partial charge in [-0.15, -0.1) is 0 Å². The smallest absolute Gasteiger partial charge is 0.230 e. The number of ether oxygens (including phenoxy) is 4. The van der Waals surface area contributed by atoms with Crippen LogP contribution in [0.4, 0.5) is 0 Å². The molecule has 0 aliphatic rings. The summed E-state index contributed by atoms with van der Waals surface area (Å²) in [6.07, 6.45) is -0.719. The minimum absolute atomic E-state index is 0.150. The maximum absolute atomic E-state index is 10.1. The molecule has 0 aromatic heterocycles. The van der Waals surface area contributed by atoms with Crippen LogP contribution in [0.15, 0.2) is 109 Å². The van der Waals surface area contributed by atoms with E-state index in [1.807, 2.05) is 109 Å². The van der Waals surface area contributed by atoms with E-state index in [2.05, 4.69) is 0 Å². The molecule has 1 atom stereocenters. The van der Waals surface area contributed by atoms with E-state index in [-0.39, 0.29) is 20.0 Å². The Morgan fingerprint density at radius 3 is 1.27 bits per heavy atom. The molecule has 168 valence electrons. The Labute approximate surface area is 193 Å². The van der Waals surface area contributed by atoms with Gasteiger partial charge in [0.1, 0.15) is 42.3 Å². The van der Waals surface area contributed by atoms with E-state index in [0.717, 1.165) is 28.4 Å². The van der Waals surface area contributed by atoms with Gasteiger partial charge >= 0.3 is 0 Å². The molecule has 0 aliphatic heterocycles. The molecule has 4 rings (SSSR count). The summed E-state index contributed by atoms with van der Waals surface area (Å²) in [7, 11) is 0. The van der Waals surface area contributed by atoms with Crippen molar-refractivity contribution in [2.75, 3.05) is 20.0 Å². The van der Waals surface area contributed by atoms with Crippen molar-refractivity contribution in [1.82, 2.24) is 0 Å². The average Bonchev–Trinajstić information content (AvgIpc) is 2.88. The van der Waals surface area contributed by atoms with Crippen LogP contribution >= 0.6 is 0 Å². The zero-order valence-electron chi connectivity index (χ0n) is 18.2. The number of benzene rings is 4. The Morgan fingerprint density at radius 2 is 0.818 bits per heavy atom. The van der Waals surface area contributed by atoms with Crippen molar-refractivity contribution >= 4 is 0 Å². The van der Waals surface area contributed by atoms with Crippen LogP contribution in [0.3, 0.4) is 0 Å². The molecular weight excluding hydrogens is 416 g/mol. The second-order valence-electron chi connectivity index (χ2n) is 7.36.